The van der Waals surface area contributed by atoms with Gasteiger partial charge in [-0.1, -0.05) is 23.4 Å². The van der Waals surface area contributed by atoms with Crippen molar-refractivity contribution in [3.63, 3.8) is 0 Å². The van der Waals surface area contributed by atoms with Crippen molar-refractivity contribution in [2.24, 2.45) is 0 Å². The SMILES string of the molecule is C[C@@H](Sc1ncnc2sc3c(c12)CCC3)C(=O)Nc1cccnc1Cl. The average molecular weight is 391 g/mol. The quantitative estimate of drug-likeness (QED) is 0.407. The number of carbonyl (C=O) groups excluding carboxylic acids is 1. The largest absolute Gasteiger partial charge is 0.322 e. The number of carbonyl (C=O) groups is 1. The molecule has 3 aromatic heterocycles. The van der Waals surface area contributed by atoms with Crippen molar-refractivity contribution in [3.05, 3.63) is 40.3 Å². The Kier molecular flexibility index (Phi) is 4.62. The standard InChI is InChI=1S/C17H15ClN4OS2/c1-9(15(23)22-11-5-3-7-19-14(11)18)24-16-13-10-4-2-6-12(10)25-17(13)21-8-20-16/h3,5,7-9H,2,4,6H2,1H3,(H,22,23)/t9-/m1/s1. The van der Waals surface area contributed by atoms with Crippen molar-refractivity contribution in [3.8, 4) is 0 Å². The summed E-state index contributed by atoms with van der Waals surface area (Å²) in [6, 6.07) is 3.47. The molecule has 0 saturated heterocycles. The molecule has 0 bridgehead atoms. The van der Waals surface area contributed by atoms with Crippen LogP contribution in [0.2, 0.25) is 5.15 Å². The lowest BCUT2D eigenvalue weighted by Gasteiger charge is -2.12. The molecule has 4 rings (SSSR count). The lowest BCUT2D eigenvalue weighted by Crippen LogP contribution is -2.22. The Morgan fingerprint density at radius 3 is 3.08 bits per heavy atom. The van der Waals surface area contributed by atoms with Crippen molar-refractivity contribution in [2.75, 3.05) is 5.32 Å². The predicted molar refractivity (Wildman–Crippen MR) is 103 cm³/mol. The van der Waals surface area contributed by atoms with Crippen molar-refractivity contribution in [1.82, 2.24) is 15.0 Å². The van der Waals surface area contributed by atoms with Crippen molar-refractivity contribution in [1.29, 1.82) is 0 Å². The molecule has 0 saturated carbocycles. The van der Waals surface area contributed by atoms with E-state index in [1.165, 1.54) is 28.6 Å². The van der Waals surface area contributed by atoms with Crippen LogP contribution in [-0.2, 0) is 17.6 Å². The van der Waals surface area contributed by atoms with Gasteiger partial charge in [-0.15, -0.1) is 11.3 Å². The highest BCUT2D eigenvalue weighted by Gasteiger charge is 2.24. The van der Waals surface area contributed by atoms with Gasteiger partial charge in [0.2, 0.25) is 5.91 Å². The summed E-state index contributed by atoms with van der Waals surface area (Å²) in [6.07, 6.45) is 6.55. The second-order valence-electron chi connectivity index (χ2n) is 5.81. The molecule has 1 aliphatic carbocycles. The zero-order chi connectivity index (χ0) is 17.4. The fourth-order valence-corrected chi connectivity index (χ4v) is 5.33. The Labute approximate surface area is 158 Å². The minimum Gasteiger partial charge on any atom is -0.322 e. The first kappa shape index (κ1) is 16.8. The maximum atomic E-state index is 12.5. The molecule has 0 aromatic carbocycles. The summed E-state index contributed by atoms with van der Waals surface area (Å²) in [5.41, 5.74) is 1.89. The van der Waals surface area contributed by atoms with Gasteiger partial charge >= 0.3 is 0 Å². The molecular weight excluding hydrogens is 376 g/mol. The summed E-state index contributed by atoms with van der Waals surface area (Å²) in [6.45, 7) is 1.87. The number of halogens is 1. The first-order valence-corrected chi connectivity index (χ1v) is 10.0. The monoisotopic (exact) mass is 390 g/mol. The van der Waals surface area contributed by atoms with Crippen LogP contribution >= 0.6 is 34.7 Å². The summed E-state index contributed by atoms with van der Waals surface area (Å²) in [7, 11) is 0. The average Bonchev–Trinajstić information content (AvgIpc) is 3.18. The Bertz CT molecular complexity index is 959. The smallest absolute Gasteiger partial charge is 0.237 e. The van der Waals surface area contributed by atoms with E-state index in [1.807, 2.05) is 6.92 Å². The van der Waals surface area contributed by atoms with E-state index < -0.39 is 0 Å². The molecule has 3 aromatic rings. The van der Waals surface area contributed by atoms with Crippen LogP contribution in [0.15, 0.2) is 29.7 Å². The van der Waals surface area contributed by atoms with Gasteiger partial charge in [0.05, 0.1) is 10.9 Å². The number of rotatable bonds is 4. The third-order valence-corrected chi connectivity index (χ3v) is 6.74. The first-order valence-electron chi connectivity index (χ1n) is 7.97. The van der Waals surface area contributed by atoms with Crippen LogP contribution in [0, 0.1) is 0 Å². The number of nitrogens with zero attached hydrogens (tertiary/aromatic N) is 3. The number of thioether (sulfide) groups is 1. The maximum absolute atomic E-state index is 12.5. The predicted octanol–water partition coefficient (Wildman–Crippen LogP) is 4.35. The lowest BCUT2D eigenvalue weighted by molar-refractivity contribution is -0.115. The summed E-state index contributed by atoms with van der Waals surface area (Å²) >= 11 is 9.22. The number of aryl methyl sites for hydroxylation is 2. The van der Waals surface area contributed by atoms with Crippen LogP contribution in [0.25, 0.3) is 10.2 Å². The van der Waals surface area contributed by atoms with Gasteiger partial charge < -0.3 is 5.32 Å². The Hall–Kier alpha value is -1.70. The number of thiophene rings is 1. The number of fused-ring (bicyclic) bond motifs is 3. The van der Waals surface area contributed by atoms with Crippen LogP contribution in [0.3, 0.4) is 0 Å². The highest BCUT2D eigenvalue weighted by atomic mass is 35.5. The number of hydrogen-bond acceptors (Lipinski definition) is 6. The van der Waals surface area contributed by atoms with E-state index in [-0.39, 0.29) is 16.3 Å². The molecular formula is C17H15ClN4OS2. The first-order chi connectivity index (χ1) is 12.1. The molecule has 1 amide bonds. The summed E-state index contributed by atoms with van der Waals surface area (Å²) in [4.78, 5) is 27.8. The molecule has 1 atom stereocenters. The topological polar surface area (TPSA) is 67.8 Å². The van der Waals surface area contributed by atoms with Crippen LogP contribution in [0.5, 0.6) is 0 Å². The second-order valence-corrected chi connectivity index (χ2v) is 8.58. The van der Waals surface area contributed by atoms with E-state index in [1.54, 1.807) is 36.0 Å². The number of pyridine rings is 1. The minimum atomic E-state index is -0.314. The Morgan fingerprint density at radius 2 is 2.24 bits per heavy atom. The number of aromatic nitrogens is 3. The third-order valence-electron chi connectivity index (χ3n) is 4.14. The Morgan fingerprint density at radius 1 is 1.36 bits per heavy atom. The highest BCUT2D eigenvalue weighted by Crippen LogP contribution is 2.40. The number of hydrogen-bond donors (Lipinski definition) is 1. The summed E-state index contributed by atoms with van der Waals surface area (Å²) in [5.74, 6) is -0.126. The summed E-state index contributed by atoms with van der Waals surface area (Å²) < 4.78 is 0. The zero-order valence-corrected chi connectivity index (χ0v) is 15.8. The molecule has 0 radical (unpaired) electrons. The molecule has 128 valence electrons. The van der Waals surface area contributed by atoms with E-state index >= 15 is 0 Å². The molecule has 0 spiro atoms. The second kappa shape index (κ2) is 6.90. The van der Waals surface area contributed by atoms with Gasteiger partial charge in [-0.3, -0.25) is 4.79 Å². The normalized spacial score (nSPS) is 14.5. The molecule has 25 heavy (non-hydrogen) atoms. The fraction of sp³-hybridized carbons (Fsp3) is 0.294. The van der Waals surface area contributed by atoms with E-state index in [4.69, 9.17) is 11.6 Å². The van der Waals surface area contributed by atoms with E-state index in [2.05, 4.69) is 20.3 Å². The number of amides is 1. The van der Waals surface area contributed by atoms with Crippen LogP contribution in [-0.4, -0.2) is 26.1 Å². The fourth-order valence-electron chi connectivity index (χ4n) is 2.92. The molecule has 0 fully saturated rings. The molecule has 0 aliphatic heterocycles. The van der Waals surface area contributed by atoms with E-state index in [0.717, 1.165) is 28.1 Å². The van der Waals surface area contributed by atoms with Gasteiger partial charge in [0, 0.05) is 16.5 Å². The molecule has 8 heteroatoms. The van der Waals surface area contributed by atoms with E-state index in [9.17, 15) is 4.79 Å². The number of nitrogens with one attached hydrogen (secondary N) is 1. The molecule has 5 nitrogen and oxygen atoms in total. The van der Waals surface area contributed by atoms with Crippen LogP contribution in [0.4, 0.5) is 5.69 Å². The molecule has 1 N–H and O–H groups in total. The minimum absolute atomic E-state index is 0.126. The van der Waals surface area contributed by atoms with Crippen LogP contribution < -0.4 is 5.32 Å². The zero-order valence-electron chi connectivity index (χ0n) is 13.5. The van der Waals surface area contributed by atoms with Crippen molar-refractivity contribution < 1.29 is 4.79 Å². The van der Waals surface area contributed by atoms with Gasteiger partial charge in [0.15, 0.2) is 5.15 Å². The van der Waals surface area contributed by atoms with Gasteiger partial charge in [-0.25, -0.2) is 15.0 Å². The van der Waals surface area contributed by atoms with Gasteiger partial charge in [0.1, 0.15) is 16.2 Å². The third kappa shape index (κ3) is 3.23. The van der Waals surface area contributed by atoms with Gasteiger partial charge in [0.25, 0.3) is 0 Å². The van der Waals surface area contributed by atoms with E-state index in [0.29, 0.717) is 5.69 Å². The lowest BCUT2D eigenvalue weighted by atomic mass is 10.2. The molecule has 1 aliphatic rings. The molecule has 0 unspecified atom stereocenters. The van der Waals surface area contributed by atoms with Gasteiger partial charge in [-0.2, -0.15) is 0 Å². The summed E-state index contributed by atoms with van der Waals surface area (Å²) in [5, 5.41) is 4.81. The van der Waals surface area contributed by atoms with Crippen LogP contribution in [0.1, 0.15) is 23.8 Å². The van der Waals surface area contributed by atoms with Crippen molar-refractivity contribution in [2.45, 2.75) is 36.5 Å². The maximum Gasteiger partial charge on any atom is 0.237 e. The van der Waals surface area contributed by atoms with Crippen molar-refractivity contribution >= 4 is 56.5 Å². The number of anilines is 1. The highest BCUT2D eigenvalue weighted by molar-refractivity contribution is 8.00. The molecule has 3 heterocycles. The van der Waals surface area contributed by atoms with Gasteiger partial charge in [-0.05, 0) is 43.9 Å². The Balaban J connectivity index is 1.57.